The summed E-state index contributed by atoms with van der Waals surface area (Å²) in [6.45, 7) is 8.01. The summed E-state index contributed by atoms with van der Waals surface area (Å²) in [6.07, 6.45) is 13.0. The summed E-state index contributed by atoms with van der Waals surface area (Å²) in [4.78, 5) is 0. The number of hydrogen-bond donors (Lipinski definition) is 0. The van der Waals surface area contributed by atoms with Gasteiger partial charge in [0, 0.05) is 0 Å². The highest BCUT2D eigenvalue weighted by Gasteiger charge is 2.55. The minimum Gasteiger partial charge on any atom is -0.0851 e. The van der Waals surface area contributed by atoms with Gasteiger partial charge in [0.25, 0.3) is 0 Å². The van der Waals surface area contributed by atoms with Crippen LogP contribution in [0.1, 0.15) is 39.0 Å². The third-order valence-electron chi connectivity index (χ3n) is 7.40. The molecule has 3 fully saturated rings. The molecule has 4 rings (SSSR count). The van der Waals surface area contributed by atoms with Gasteiger partial charge in [-0.15, -0.1) is 0 Å². The molecule has 0 aromatic carbocycles. The molecule has 7 unspecified atom stereocenters. The third-order valence-corrected chi connectivity index (χ3v) is 12.6. The van der Waals surface area contributed by atoms with Crippen LogP contribution in [0.4, 0.5) is 0 Å². The van der Waals surface area contributed by atoms with Crippen LogP contribution in [0, 0.1) is 29.6 Å². The molecule has 0 radical (unpaired) electrons. The van der Waals surface area contributed by atoms with Crippen LogP contribution in [0.2, 0.25) is 24.2 Å². The highest BCUT2D eigenvalue weighted by Crippen LogP contribution is 2.63. The molecule has 0 nitrogen and oxygen atoms in total. The fourth-order valence-electron chi connectivity index (χ4n) is 6.39. The van der Waals surface area contributed by atoms with Gasteiger partial charge in [0.15, 0.2) is 0 Å². The highest BCUT2D eigenvalue weighted by molar-refractivity contribution is 6.80. The van der Waals surface area contributed by atoms with Crippen molar-refractivity contribution in [2.24, 2.45) is 29.6 Å². The molecule has 0 saturated heterocycles. The van der Waals surface area contributed by atoms with Crippen molar-refractivity contribution in [3.05, 3.63) is 12.2 Å². The minimum absolute atomic E-state index is 0.976. The van der Waals surface area contributed by atoms with E-state index in [9.17, 15) is 0 Å². The van der Waals surface area contributed by atoms with Gasteiger partial charge < -0.3 is 0 Å². The zero-order chi connectivity index (χ0) is 12.5. The van der Waals surface area contributed by atoms with Gasteiger partial charge in [-0.05, 0) is 72.8 Å². The Kier molecular flexibility index (Phi) is 2.45. The summed E-state index contributed by atoms with van der Waals surface area (Å²) in [5.41, 5.74) is 2.31. The van der Waals surface area contributed by atoms with Gasteiger partial charge in [-0.2, -0.15) is 0 Å². The zero-order valence-electron chi connectivity index (χ0n) is 12.2. The first kappa shape index (κ1) is 11.8. The van der Waals surface area contributed by atoms with E-state index in [1.54, 1.807) is 25.7 Å². The Morgan fingerprint density at radius 3 is 2.17 bits per heavy atom. The molecule has 0 aliphatic heterocycles. The molecule has 1 heteroatoms. The summed E-state index contributed by atoms with van der Waals surface area (Å²) in [6, 6.07) is 0. The fourth-order valence-corrected chi connectivity index (χ4v) is 11.6. The smallest absolute Gasteiger partial charge is 0.0544 e. The lowest BCUT2D eigenvalue weighted by Crippen LogP contribution is -2.42. The van der Waals surface area contributed by atoms with Gasteiger partial charge in [-0.1, -0.05) is 32.2 Å². The lowest BCUT2D eigenvalue weighted by molar-refractivity contribution is 0.351. The van der Waals surface area contributed by atoms with Gasteiger partial charge in [-0.25, -0.2) is 0 Å². The van der Waals surface area contributed by atoms with Crippen LogP contribution < -0.4 is 0 Å². The van der Waals surface area contributed by atoms with Gasteiger partial charge >= 0.3 is 0 Å². The van der Waals surface area contributed by atoms with Crippen molar-refractivity contribution < 1.29 is 0 Å². The van der Waals surface area contributed by atoms with Crippen LogP contribution in [0.25, 0.3) is 0 Å². The van der Waals surface area contributed by atoms with Crippen molar-refractivity contribution in [3.63, 3.8) is 0 Å². The summed E-state index contributed by atoms with van der Waals surface area (Å²) in [5, 5.41) is 0. The zero-order valence-corrected chi connectivity index (χ0v) is 13.2. The van der Waals surface area contributed by atoms with Crippen molar-refractivity contribution in [2.45, 2.75) is 63.2 Å². The number of hydrogen-bond acceptors (Lipinski definition) is 0. The van der Waals surface area contributed by atoms with Crippen molar-refractivity contribution in [1.82, 2.24) is 0 Å². The summed E-state index contributed by atoms with van der Waals surface area (Å²) < 4.78 is 0. The Bertz CT molecular complexity index is 381. The molecule has 4 aliphatic carbocycles. The summed E-state index contributed by atoms with van der Waals surface area (Å²) >= 11 is 0. The molecule has 7 atom stereocenters. The van der Waals surface area contributed by atoms with Crippen LogP contribution in [0.5, 0.6) is 0 Å². The molecule has 18 heavy (non-hydrogen) atoms. The van der Waals surface area contributed by atoms with E-state index in [-0.39, 0.29) is 0 Å². The maximum Gasteiger partial charge on any atom is 0.0544 e. The number of fused-ring (bicyclic) bond motifs is 4. The Balaban J connectivity index is 1.55. The predicted octanol–water partition coefficient (Wildman–Crippen LogP) is 5.10. The van der Waals surface area contributed by atoms with Gasteiger partial charge in [0.2, 0.25) is 0 Å². The molecule has 0 heterocycles. The van der Waals surface area contributed by atoms with Crippen LogP contribution >= 0.6 is 0 Å². The molecule has 3 saturated carbocycles. The molecule has 0 aromatic rings. The van der Waals surface area contributed by atoms with E-state index >= 15 is 0 Å². The van der Waals surface area contributed by atoms with Crippen molar-refractivity contribution >= 4 is 8.07 Å². The lowest BCUT2D eigenvalue weighted by atomic mass is 9.90. The fraction of sp³-hybridized carbons (Fsp3) is 0.882. The quantitative estimate of drug-likeness (QED) is 0.479. The van der Waals surface area contributed by atoms with Gasteiger partial charge in [0.05, 0.1) is 8.07 Å². The van der Waals surface area contributed by atoms with E-state index in [4.69, 9.17) is 0 Å². The Hall–Kier alpha value is -0.0431. The monoisotopic (exact) mass is 260 g/mol. The summed E-state index contributed by atoms with van der Waals surface area (Å²) in [5.74, 6) is 5.27. The molecule has 0 aromatic heterocycles. The molecule has 0 amide bonds. The Labute approximate surface area is 113 Å². The molecule has 0 spiro atoms. The second-order valence-electron chi connectivity index (χ2n) is 8.52. The first-order valence-electron chi connectivity index (χ1n) is 8.24. The molecule has 100 valence electrons. The van der Waals surface area contributed by atoms with E-state index in [2.05, 4.69) is 32.2 Å². The lowest BCUT2D eigenvalue weighted by Gasteiger charge is -2.43. The van der Waals surface area contributed by atoms with E-state index < -0.39 is 8.07 Å². The second-order valence-corrected chi connectivity index (χ2v) is 13.6. The van der Waals surface area contributed by atoms with Crippen LogP contribution in [0.3, 0.4) is 0 Å². The molecule has 4 bridgehead atoms. The average Bonchev–Trinajstić information content (AvgIpc) is 3.07. The Morgan fingerprint density at radius 1 is 0.833 bits per heavy atom. The molecular formula is C17H28Si. The number of rotatable bonds is 2. The van der Waals surface area contributed by atoms with Crippen molar-refractivity contribution in [1.29, 1.82) is 0 Å². The van der Waals surface area contributed by atoms with E-state index in [0.717, 1.165) is 35.1 Å². The Morgan fingerprint density at radius 2 is 1.67 bits per heavy atom. The normalized spacial score (nSPS) is 53.6. The highest BCUT2D eigenvalue weighted by atomic mass is 28.3. The van der Waals surface area contributed by atoms with Gasteiger partial charge in [0.1, 0.15) is 0 Å². The van der Waals surface area contributed by atoms with E-state index in [1.807, 2.05) is 0 Å². The molecule has 4 aliphatic rings. The topological polar surface area (TPSA) is 0 Å². The van der Waals surface area contributed by atoms with Crippen molar-refractivity contribution in [3.8, 4) is 0 Å². The van der Waals surface area contributed by atoms with Crippen LogP contribution in [-0.4, -0.2) is 8.07 Å². The maximum atomic E-state index is 2.75. The minimum atomic E-state index is -1.03. The second kappa shape index (κ2) is 3.74. The van der Waals surface area contributed by atoms with E-state index in [1.165, 1.54) is 12.0 Å². The SMILES string of the molecule is CC1CC2CC1CC2[Si](C)(C)C1CC2C=CC1C2. The maximum absolute atomic E-state index is 2.75. The molecular weight excluding hydrogens is 232 g/mol. The van der Waals surface area contributed by atoms with E-state index in [0.29, 0.717) is 0 Å². The average molecular weight is 260 g/mol. The van der Waals surface area contributed by atoms with Crippen LogP contribution in [0.15, 0.2) is 12.2 Å². The third kappa shape index (κ3) is 1.49. The number of allylic oxidation sites excluding steroid dienone is 2. The summed E-state index contributed by atoms with van der Waals surface area (Å²) in [7, 11) is -1.03. The molecule has 0 N–H and O–H groups in total. The standard InChI is InChI=1S/C17H28Si/c1-11-6-15-9-14(11)10-17(15)18(2,3)16-8-12-4-5-13(16)7-12/h4-5,11-17H,6-10H2,1-3H3. The first-order valence-corrected chi connectivity index (χ1v) is 11.4. The predicted molar refractivity (Wildman–Crippen MR) is 80.3 cm³/mol. The van der Waals surface area contributed by atoms with Gasteiger partial charge in [-0.3, -0.25) is 0 Å². The van der Waals surface area contributed by atoms with Crippen LogP contribution in [-0.2, 0) is 0 Å². The largest absolute Gasteiger partial charge is 0.0851 e. The van der Waals surface area contributed by atoms with Crippen molar-refractivity contribution in [2.75, 3.05) is 0 Å². The first-order chi connectivity index (χ1) is 8.55.